The molecule has 0 radical (unpaired) electrons. The topological polar surface area (TPSA) is 111 Å². The quantitative estimate of drug-likeness (QED) is 0.664. The van der Waals surface area contributed by atoms with E-state index >= 15 is 0 Å². The Morgan fingerprint density at radius 1 is 1.11 bits per heavy atom. The molecule has 3 aromatic rings. The van der Waals surface area contributed by atoms with Gasteiger partial charge in [-0.05, 0) is 42.3 Å². The second-order valence-corrected chi connectivity index (χ2v) is 7.80. The molecule has 1 amide bonds. The highest BCUT2D eigenvalue weighted by molar-refractivity contribution is 7.89. The molecule has 0 aliphatic rings. The molecule has 0 saturated carbocycles. The van der Waals surface area contributed by atoms with Crippen LogP contribution in [0.15, 0.2) is 71.9 Å². The summed E-state index contributed by atoms with van der Waals surface area (Å²) in [5.74, 6) is 0.467. The van der Waals surface area contributed by atoms with Gasteiger partial charge in [0, 0.05) is 30.2 Å². The number of benzene rings is 2. The maximum atomic E-state index is 12.3. The molecule has 0 aliphatic carbocycles. The van der Waals surface area contributed by atoms with E-state index in [0.29, 0.717) is 5.75 Å². The zero-order valence-corrected chi connectivity index (χ0v) is 15.9. The Labute approximate surface area is 163 Å². The third-order valence-electron chi connectivity index (χ3n) is 3.81. The van der Waals surface area contributed by atoms with Gasteiger partial charge in [-0.25, -0.2) is 13.6 Å². The van der Waals surface area contributed by atoms with Gasteiger partial charge in [-0.2, -0.15) is 0 Å². The number of carbonyl (C=O) groups is 1. The maximum absolute atomic E-state index is 12.3. The molecule has 3 rings (SSSR count). The number of sulfonamides is 1. The van der Waals surface area contributed by atoms with Crippen molar-refractivity contribution >= 4 is 21.6 Å². The van der Waals surface area contributed by atoms with E-state index in [1.165, 1.54) is 18.2 Å². The van der Waals surface area contributed by atoms with Crippen LogP contribution in [0.3, 0.4) is 0 Å². The van der Waals surface area contributed by atoms with Crippen LogP contribution < -0.4 is 15.2 Å². The molecule has 1 heterocycles. The minimum Gasteiger partial charge on any atom is -0.457 e. The van der Waals surface area contributed by atoms with Crippen molar-refractivity contribution in [3.05, 3.63) is 78.1 Å². The first kappa shape index (κ1) is 19.5. The molecule has 7 nitrogen and oxygen atoms in total. The highest BCUT2D eigenvalue weighted by atomic mass is 32.2. The number of hydrogen-bond acceptors (Lipinski definition) is 5. The Hall–Kier alpha value is -3.23. The molecule has 3 N–H and O–H groups in total. The zero-order valence-electron chi connectivity index (χ0n) is 15.1. The SMILES string of the molecule is Cc1cccc(Oc2cc(NC(=O)Cc3cccnc3)cc(S(N)(=O)=O)c2)c1. The molecule has 144 valence electrons. The van der Waals surface area contributed by atoms with E-state index in [4.69, 9.17) is 9.88 Å². The van der Waals surface area contributed by atoms with Gasteiger partial charge in [0.1, 0.15) is 11.5 Å². The van der Waals surface area contributed by atoms with Crippen LogP contribution in [0.5, 0.6) is 11.5 Å². The van der Waals surface area contributed by atoms with Crippen molar-refractivity contribution in [3.63, 3.8) is 0 Å². The van der Waals surface area contributed by atoms with E-state index in [1.807, 2.05) is 25.1 Å². The number of aromatic nitrogens is 1. The average Bonchev–Trinajstić information content (AvgIpc) is 2.61. The summed E-state index contributed by atoms with van der Waals surface area (Å²) < 4.78 is 29.4. The van der Waals surface area contributed by atoms with Gasteiger partial charge in [0.15, 0.2) is 0 Å². The number of carbonyl (C=O) groups excluding carboxylic acids is 1. The standard InChI is InChI=1S/C20H19N3O4S/c1-14-4-2-6-17(8-14)27-18-10-16(11-19(12-18)28(21,25)26)23-20(24)9-15-5-3-7-22-13-15/h2-8,10-13H,9H2,1H3,(H,23,24)(H2,21,25,26). The van der Waals surface area contributed by atoms with E-state index in [0.717, 1.165) is 11.1 Å². The predicted octanol–water partition coefficient (Wildman–Crippen LogP) is 3.01. The number of aryl methyl sites for hydroxylation is 1. The van der Waals surface area contributed by atoms with Crippen LogP contribution in [-0.4, -0.2) is 19.3 Å². The third-order valence-corrected chi connectivity index (χ3v) is 4.70. The van der Waals surface area contributed by atoms with Crippen molar-refractivity contribution in [3.8, 4) is 11.5 Å². The molecule has 0 fully saturated rings. The lowest BCUT2D eigenvalue weighted by molar-refractivity contribution is -0.115. The van der Waals surface area contributed by atoms with Crippen LogP contribution >= 0.6 is 0 Å². The van der Waals surface area contributed by atoms with E-state index in [1.54, 1.807) is 30.6 Å². The molecule has 0 unspecified atom stereocenters. The number of hydrogen-bond donors (Lipinski definition) is 2. The van der Waals surface area contributed by atoms with E-state index < -0.39 is 10.0 Å². The first-order valence-corrected chi connectivity index (χ1v) is 9.95. The fourth-order valence-corrected chi connectivity index (χ4v) is 3.15. The molecule has 0 bridgehead atoms. The normalized spacial score (nSPS) is 11.1. The Balaban J connectivity index is 1.86. The number of nitrogens with two attached hydrogens (primary N) is 1. The highest BCUT2D eigenvalue weighted by Gasteiger charge is 2.14. The summed E-state index contributed by atoms with van der Waals surface area (Å²) in [6, 6.07) is 15.0. The number of nitrogens with one attached hydrogen (secondary N) is 1. The van der Waals surface area contributed by atoms with Crippen molar-refractivity contribution in [2.75, 3.05) is 5.32 Å². The number of ether oxygens (including phenoxy) is 1. The Morgan fingerprint density at radius 3 is 2.61 bits per heavy atom. The first-order valence-electron chi connectivity index (χ1n) is 8.41. The van der Waals surface area contributed by atoms with Crippen molar-refractivity contribution in [1.82, 2.24) is 4.98 Å². The molecule has 1 aromatic heterocycles. The number of primary sulfonamides is 1. The minimum atomic E-state index is -3.98. The molecule has 2 aromatic carbocycles. The Bertz CT molecular complexity index is 1100. The first-order chi connectivity index (χ1) is 13.3. The summed E-state index contributed by atoms with van der Waals surface area (Å²) in [6.45, 7) is 1.91. The second kappa shape index (κ2) is 8.20. The summed E-state index contributed by atoms with van der Waals surface area (Å²) in [6.07, 6.45) is 3.31. The molecular formula is C20H19N3O4S. The summed E-state index contributed by atoms with van der Waals surface area (Å²) in [5.41, 5.74) is 1.99. The lowest BCUT2D eigenvalue weighted by Crippen LogP contribution is -2.16. The number of pyridine rings is 1. The number of nitrogens with zero attached hydrogens (tertiary/aromatic N) is 1. The van der Waals surface area contributed by atoms with Gasteiger partial charge >= 0.3 is 0 Å². The molecule has 0 aliphatic heterocycles. The average molecular weight is 397 g/mol. The summed E-state index contributed by atoms with van der Waals surface area (Å²) in [7, 11) is -3.98. The van der Waals surface area contributed by atoms with Crippen LogP contribution in [0.25, 0.3) is 0 Å². The molecule has 28 heavy (non-hydrogen) atoms. The molecule has 8 heteroatoms. The summed E-state index contributed by atoms with van der Waals surface area (Å²) in [5, 5.41) is 7.94. The minimum absolute atomic E-state index is 0.0987. The van der Waals surface area contributed by atoms with Crippen LogP contribution in [0.1, 0.15) is 11.1 Å². The van der Waals surface area contributed by atoms with Gasteiger partial charge in [0.25, 0.3) is 0 Å². The smallest absolute Gasteiger partial charge is 0.238 e. The van der Waals surface area contributed by atoms with E-state index in [9.17, 15) is 13.2 Å². The number of anilines is 1. The van der Waals surface area contributed by atoms with Crippen LogP contribution in [-0.2, 0) is 21.2 Å². The molecule has 0 spiro atoms. The third kappa shape index (κ3) is 5.38. The second-order valence-electron chi connectivity index (χ2n) is 6.24. The zero-order chi connectivity index (χ0) is 20.1. The lowest BCUT2D eigenvalue weighted by atomic mass is 10.2. The monoisotopic (exact) mass is 397 g/mol. The molecule has 0 atom stereocenters. The van der Waals surface area contributed by atoms with Crippen molar-refractivity contribution < 1.29 is 17.9 Å². The van der Waals surface area contributed by atoms with E-state index in [2.05, 4.69) is 10.3 Å². The number of amides is 1. The molecule has 0 saturated heterocycles. The van der Waals surface area contributed by atoms with Gasteiger partial charge in [-0.15, -0.1) is 0 Å². The van der Waals surface area contributed by atoms with Gasteiger partial charge in [0.2, 0.25) is 15.9 Å². The number of rotatable bonds is 6. The largest absolute Gasteiger partial charge is 0.457 e. The predicted molar refractivity (Wildman–Crippen MR) is 106 cm³/mol. The van der Waals surface area contributed by atoms with Crippen LogP contribution in [0.2, 0.25) is 0 Å². The van der Waals surface area contributed by atoms with Crippen LogP contribution in [0, 0.1) is 6.92 Å². The van der Waals surface area contributed by atoms with Crippen molar-refractivity contribution in [2.45, 2.75) is 18.2 Å². The summed E-state index contributed by atoms with van der Waals surface area (Å²) >= 11 is 0. The van der Waals surface area contributed by atoms with Gasteiger partial charge < -0.3 is 10.1 Å². The molecular weight excluding hydrogens is 378 g/mol. The van der Waals surface area contributed by atoms with Crippen molar-refractivity contribution in [2.24, 2.45) is 5.14 Å². The van der Waals surface area contributed by atoms with Gasteiger partial charge in [0.05, 0.1) is 11.3 Å². The Morgan fingerprint density at radius 2 is 1.93 bits per heavy atom. The fourth-order valence-electron chi connectivity index (χ4n) is 2.58. The van der Waals surface area contributed by atoms with Gasteiger partial charge in [-0.3, -0.25) is 9.78 Å². The van der Waals surface area contributed by atoms with Crippen LogP contribution in [0.4, 0.5) is 5.69 Å². The van der Waals surface area contributed by atoms with E-state index in [-0.39, 0.29) is 28.7 Å². The fraction of sp³-hybridized carbons (Fsp3) is 0.100. The highest BCUT2D eigenvalue weighted by Crippen LogP contribution is 2.28. The lowest BCUT2D eigenvalue weighted by Gasteiger charge is -2.12. The summed E-state index contributed by atoms with van der Waals surface area (Å²) in [4.78, 5) is 16.1. The maximum Gasteiger partial charge on any atom is 0.238 e. The van der Waals surface area contributed by atoms with Gasteiger partial charge in [-0.1, -0.05) is 18.2 Å². The van der Waals surface area contributed by atoms with Crippen molar-refractivity contribution in [1.29, 1.82) is 0 Å². The Kier molecular flexibility index (Phi) is 5.72.